The molecule has 1 aromatic heterocycles. The molecule has 0 saturated heterocycles. The molecule has 0 saturated carbocycles. The molecular formula is C23H37N5O8S. The van der Waals surface area contributed by atoms with Crippen LogP contribution in [0.25, 0.3) is 0 Å². The van der Waals surface area contributed by atoms with Crippen LogP contribution in [0.1, 0.15) is 30.3 Å². The summed E-state index contributed by atoms with van der Waals surface area (Å²) < 4.78 is 15.2. The van der Waals surface area contributed by atoms with Crippen molar-refractivity contribution in [1.82, 2.24) is 20.5 Å². The third-order valence-corrected chi connectivity index (χ3v) is 6.34. The molecule has 37 heavy (non-hydrogen) atoms. The van der Waals surface area contributed by atoms with Crippen LogP contribution >= 0.6 is 11.3 Å². The molecule has 1 heterocycles. The Hall–Kier alpha value is -2.65. The molecule has 1 aromatic rings. The quantitative estimate of drug-likeness (QED) is 0.180. The van der Waals surface area contributed by atoms with Gasteiger partial charge in [-0.05, 0) is 32.2 Å². The Morgan fingerprint density at radius 3 is 2.59 bits per heavy atom. The normalized spacial score (nSPS) is 14.6. The average molecular weight is 544 g/mol. The van der Waals surface area contributed by atoms with Crippen molar-refractivity contribution in [1.29, 1.82) is 0 Å². The number of hydrogen-bond acceptors (Lipinski definition) is 10. The van der Waals surface area contributed by atoms with Gasteiger partial charge in [-0.3, -0.25) is 19.7 Å². The van der Waals surface area contributed by atoms with E-state index in [1.54, 1.807) is 0 Å². The molecule has 3 amide bonds. The van der Waals surface area contributed by atoms with E-state index >= 15 is 0 Å². The minimum Gasteiger partial charge on any atom is -0.480 e. The maximum absolute atomic E-state index is 12.2. The lowest BCUT2D eigenvalue weighted by molar-refractivity contribution is -0.142. The zero-order valence-electron chi connectivity index (χ0n) is 21.4. The molecule has 4 N–H and O–H groups in total. The first-order valence-electron chi connectivity index (χ1n) is 12.3. The van der Waals surface area contributed by atoms with E-state index in [2.05, 4.69) is 27.9 Å². The summed E-state index contributed by atoms with van der Waals surface area (Å²) in [7, 11) is 1.46. The molecular weight excluding hydrogens is 506 g/mol. The molecule has 0 aromatic carbocycles. The van der Waals surface area contributed by atoms with E-state index < -0.39 is 17.8 Å². The van der Waals surface area contributed by atoms with Gasteiger partial charge in [0.15, 0.2) is 5.13 Å². The summed E-state index contributed by atoms with van der Waals surface area (Å²) in [5.74, 6) is -2.26. The highest BCUT2D eigenvalue weighted by Crippen LogP contribution is 2.29. The van der Waals surface area contributed by atoms with Crippen LogP contribution in [-0.4, -0.2) is 111 Å². The maximum Gasteiger partial charge on any atom is 0.329 e. The highest BCUT2D eigenvalue weighted by atomic mass is 32.1. The van der Waals surface area contributed by atoms with Crippen molar-refractivity contribution in [2.24, 2.45) is 0 Å². The number of fused-ring (bicyclic) bond motifs is 1. The van der Waals surface area contributed by atoms with Crippen molar-refractivity contribution in [3.63, 3.8) is 0 Å². The SMILES string of the molecule is CCCNC1CCc2nc(NC(=O)COCC(=O)N(C)CC(=O)NCCOCCOCC(=O)O)sc2C1. The van der Waals surface area contributed by atoms with E-state index in [1.165, 1.54) is 28.2 Å². The maximum atomic E-state index is 12.2. The topological polar surface area (TPSA) is 168 Å². The lowest BCUT2D eigenvalue weighted by Gasteiger charge is -2.21. The zero-order valence-corrected chi connectivity index (χ0v) is 22.2. The lowest BCUT2D eigenvalue weighted by Crippen LogP contribution is -2.41. The molecule has 208 valence electrons. The molecule has 0 bridgehead atoms. The summed E-state index contributed by atoms with van der Waals surface area (Å²) in [5.41, 5.74) is 1.03. The largest absolute Gasteiger partial charge is 0.480 e. The van der Waals surface area contributed by atoms with Gasteiger partial charge in [-0.1, -0.05) is 6.92 Å². The van der Waals surface area contributed by atoms with Gasteiger partial charge in [-0.2, -0.15) is 0 Å². The molecule has 0 fully saturated rings. The first kappa shape index (κ1) is 30.6. The monoisotopic (exact) mass is 543 g/mol. The molecule has 1 unspecified atom stereocenters. The molecule has 0 radical (unpaired) electrons. The minimum absolute atomic E-state index is 0.138. The number of carbonyl (C=O) groups is 4. The van der Waals surface area contributed by atoms with Gasteiger partial charge in [-0.15, -0.1) is 11.3 Å². The fraction of sp³-hybridized carbons (Fsp3) is 0.696. The van der Waals surface area contributed by atoms with Gasteiger partial charge in [0.1, 0.15) is 19.8 Å². The summed E-state index contributed by atoms with van der Waals surface area (Å²) in [6.07, 6.45) is 3.90. The molecule has 1 aliphatic rings. The number of aryl methyl sites for hydroxylation is 1. The summed E-state index contributed by atoms with van der Waals surface area (Å²) in [5, 5.41) is 17.8. The minimum atomic E-state index is -1.05. The van der Waals surface area contributed by atoms with Crippen molar-refractivity contribution in [2.75, 3.05) is 71.6 Å². The van der Waals surface area contributed by atoms with Crippen LogP contribution in [-0.2, 0) is 46.2 Å². The summed E-state index contributed by atoms with van der Waals surface area (Å²) >= 11 is 1.47. The predicted molar refractivity (Wildman–Crippen MR) is 136 cm³/mol. The highest BCUT2D eigenvalue weighted by Gasteiger charge is 2.23. The van der Waals surface area contributed by atoms with Crippen LogP contribution in [0.3, 0.4) is 0 Å². The van der Waals surface area contributed by atoms with Gasteiger partial charge in [0, 0.05) is 24.5 Å². The fourth-order valence-corrected chi connectivity index (χ4v) is 4.55. The summed E-state index contributed by atoms with van der Waals surface area (Å²) in [6.45, 7) is 2.72. The Labute approximate surface area is 220 Å². The Bertz CT molecular complexity index is 896. The number of anilines is 1. The second-order valence-electron chi connectivity index (χ2n) is 8.48. The van der Waals surface area contributed by atoms with Crippen LogP contribution < -0.4 is 16.0 Å². The average Bonchev–Trinajstić information content (AvgIpc) is 3.25. The van der Waals surface area contributed by atoms with E-state index in [4.69, 9.17) is 19.3 Å². The fourth-order valence-electron chi connectivity index (χ4n) is 3.45. The molecule has 0 aliphatic heterocycles. The van der Waals surface area contributed by atoms with Crippen LogP contribution in [0.5, 0.6) is 0 Å². The molecule has 14 heteroatoms. The Kier molecular flexibility index (Phi) is 14.0. The number of aromatic nitrogens is 1. The van der Waals surface area contributed by atoms with Crippen molar-refractivity contribution in [2.45, 2.75) is 38.6 Å². The Morgan fingerprint density at radius 1 is 1.05 bits per heavy atom. The van der Waals surface area contributed by atoms with Crippen molar-refractivity contribution >= 4 is 40.2 Å². The number of nitrogens with zero attached hydrogens (tertiary/aromatic N) is 2. The number of nitrogens with one attached hydrogen (secondary N) is 3. The standard InChI is InChI=1S/C23H37N5O8S/c1-3-6-24-16-4-5-17-18(11-16)37-23(26-17)27-20(30)13-36-14-21(31)28(2)12-19(29)25-7-8-34-9-10-35-15-22(32)33/h16,24H,3-15H2,1-2H3,(H,25,29)(H,32,33)(H,26,27,30). The third-order valence-electron chi connectivity index (χ3n) is 5.30. The number of carbonyl (C=O) groups excluding carboxylic acids is 3. The van der Waals surface area contributed by atoms with Gasteiger partial charge >= 0.3 is 5.97 Å². The number of ether oxygens (including phenoxy) is 3. The second kappa shape index (κ2) is 17.0. The van der Waals surface area contributed by atoms with Gasteiger partial charge in [0.2, 0.25) is 11.8 Å². The van der Waals surface area contributed by atoms with Gasteiger partial charge in [-0.25, -0.2) is 9.78 Å². The molecule has 1 atom stereocenters. The van der Waals surface area contributed by atoms with Crippen LogP contribution in [0.4, 0.5) is 5.13 Å². The first-order valence-corrected chi connectivity index (χ1v) is 13.1. The van der Waals surface area contributed by atoms with E-state index in [-0.39, 0.29) is 58.6 Å². The number of carboxylic acids is 1. The Balaban J connectivity index is 1.56. The number of hydrogen-bond donors (Lipinski definition) is 4. The van der Waals surface area contributed by atoms with Crippen LogP contribution in [0, 0.1) is 0 Å². The zero-order chi connectivity index (χ0) is 27.0. The first-order chi connectivity index (χ1) is 17.8. The van der Waals surface area contributed by atoms with Crippen molar-refractivity contribution in [3.05, 3.63) is 10.6 Å². The highest BCUT2D eigenvalue weighted by molar-refractivity contribution is 7.15. The lowest BCUT2D eigenvalue weighted by atomic mass is 9.98. The molecule has 2 rings (SSSR count). The number of thiazole rings is 1. The van der Waals surface area contributed by atoms with E-state index in [1.807, 2.05) is 0 Å². The molecule has 1 aliphatic carbocycles. The van der Waals surface area contributed by atoms with E-state index in [0.717, 1.165) is 37.9 Å². The Morgan fingerprint density at radius 2 is 1.84 bits per heavy atom. The number of likely N-dealkylation sites (N-methyl/N-ethyl adjacent to an activating group) is 1. The number of rotatable bonds is 18. The summed E-state index contributed by atoms with van der Waals surface area (Å²) in [6, 6.07) is 0.440. The van der Waals surface area contributed by atoms with Crippen molar-refractivity contribution < 1.29 is 38.5 Å². The number of aliphatic carboxylic acids is 1. The third kappa shape index (κ3) is 12.4. The van der Waals surface area contributed by atoms with E-state index in [9.17, 15) is 19.2 Å². The smallest absolute Gasteiger partial charge is 0.329 e. The molecule has 0 spiro atoms. The van der Waals surface area contributed by atoms with Gasteiger partial charge in [0.05, 0.1) is 32.1 Å². The van der Waals surface area contributed by atoms with Gasteiger partial charge < -0.3 is 34.9 Å². The number of carboxylic acid groups (broad SMARTS) is 1. The number of amides is 3. The molecule has 13 nitrogen and oxygen atoms in total. The second-order valence-corrected chi connectivity index (χ2v) is 9.57. The van der Waals surface area contributed by atoms with Crippen molar-refractivity contribution in [3.8, 4) is 0 Å². The van der Waals surface area contributed by atoms with E-state index in [0.29, 0.717) is 11.2 Å². The predicted octanol–water partition coefficient (Wildman–Crippen LogP) is -0.352. The van der Waals surface area contributed by atoms with Crippen LogP contribution in [0.2, 0.25) is 0 Å². The van der Waals surface area contributed by atoms with Crippen LogP contribution in [0.15, 0.2) is 0 Å². The summed E-state index contributed by atoms with van der Waals surface area (Å²) in [4.78, 5) is 53.5. The van der Waals surface area contributed by atoms with Gasteiger partial charge in [0.25, 0.3) is 5.91 Å².